The molecule has 2 nitrogen and oxygen atoms in total. The van der Waals surface area contributed by atoms with E-state index in [0.29, 0.717) is 26.7 Å². The van der Waals surface area contributed by atoms with Crippen LogP contribution in [-0.4, -0.2) is 20.5 Å². The molecular formula is C9H10O2Se. The molecule has 0 fully saturated rings. The van der Waals surface area contributed by atoms with Crippen LogP contribution in [-0.2, 0) is 16.1 Å². The summed E-state index contributed by atoms with van der Waals surface area (Å²) in [5, 5.41) is 0. The average molecular weight is 229 g/mol. The first kappa shape index (κ1) is 9.30. The molecule has 0 aromatic carbocycles. The number of hydrogen-bond donors (Lipinski definition) is 0. The van der Waals surface area contributed by atoms with Crippen LogP contribution in [0.2, 0.25) is 0 Å². The zero-order chi connectivity index (χ0) is 8.97. The van der Waals surface area contributed by atoms with Crippen molar-refractivity contribution in [1.82, 2.24) is 0 Å². The minimum atomic E-state index is -0.307. The van der Waals surface area contributed by atoms with Crippen molar-refractivity contribution >= 4 is 20.5 Å². The molecule has 0 aliphatic heterocycles. The standard InChI is InChI=1S/C9H10O2Se/c1-7(2)9(10)11-6-8-4-3-5-12-8/h3-5H,1,6H2,2H3. The Kier molecular flexibility index (Phi) is 3.32. The molecule has 0 spiro atoms. The van der Waals surface area contributed by atoms with E-state index < -0.39 is 0 Å². The van der Waals surface area contributed by atoms with Gasteiger partial charge in [0.25, 0.3) is 0 Å². The van der Waals surface area contributed by atoms with Crippen LogP contribution in [0.25, 0.3) is 0 Å². The van der Waals surface area contributed by atoms with Gasteiger partial charge in [-0.3, -0.25) is 0 Å². The Balaban J connectivity index is 2.37. The topological polar surface area (TPSA) is 26.3 Å². The number of esters is 1. The van der Waals surface area contributed by atoms with Gasteiger partial charge in [0.2, 0.25) is 0 Å². The summed E-state index contributed by atoms with van der Waals surface area (Å²) in [4.78, 5) is 13.0. The molecule has 3 heteroatoms. The number of rotatable bonds is 3. The van der Waals surface area contributed by atoms with Crippen molar-refractivity contribution < 1.29 is 9.53 Å². The van der Waals surface area contributed by atoms with E-state index in [0.717, 1.165) is 0 Å². The fraction of sp³-hybridized carbons (Fsp3) is 0.222. The predicted molar refractivity (Wildman–Crippen MR) is 48.0 cm³/mol. The second-order valence-electron chi connectivity index (χ2n) is 2.44. The van der Waals surface area contributed by atoms with Gasteiger partial charge in [-0.25, -0.2) is 0 Å². The van der Waals surface area contributed by atoms with E-state index in [-0.39, 0.29) is 5.97 Å². The third kappa shape index (κ3) is 2.68. The van der Waals surface area contributed by atoms with Gasteiger partial charge in [0.15, 0.2) is 0 Å². The molecule has 12 heavy (non-hydrogen) atoms. The fourth-order valence-corrected chi connectivity index (χ4v) is 1.95. The third-order valence-corrected chi connectivity index (χ3v) is 3.06. The fourth-order valence-electron chi connectivity index (χ4n) is 0.655. The van der Waals surface area contributed by atoms with E-state index in [1.54, 1.807) is 6.92 Å². The molecular weight excluding hydrogens is 219 g/mol. The molecule has 1 aromatic rings. The Bertz CT molecular complexity index is 275. The van der Waals surface area contributed by atoms with E-state index >= 15 is 0 Å². The Morgan fingerprint density at radius 2 is 2.50 bits per heavy atom. The molecule has 0 bridgehead atoms. The molecule has 64 valence electrons. The van der Waals surface area contributed by atoms with E-state index in [9.17, 15) is 4.79 Å². The van der Waals surface area contributed by atoms with Gasteiger partial charge in [0.05, 0.1) is 0 Å². The summed E-state index contributed by atoms with van der Waals surface area (Å²) >= 11 is 0.384. The molecule has 1 rings (SSSR count). The molecule has 1 heterocycles. The van der Waals surface area contributed by atoms with E-state index in [2.05, 4.69) is 11.5 Å². The van der Waals surface area contributed by atoms with Crippen LogP contribution in [0.4, 0.5) is 0 Å². The maximum absolute atomic E-state index is 10.9. The molecule has 0 amide bonds. The van der Waals surface area contributed by atoms with Crippen LogP contribution in [0.3, 0.4) is 0 Å². The van der Waals surface area contributed by atoms with Crippen molar-refractivity contribution in [3.63, 3.8) is 0 Å². The second kappa shape index (κ2) is 4.29. The van der Waals surface area contributed by atoms with Crippen LogP contribution in [0, 0.1) is 0 Å². The monoisotopic (exact) mass is 230 g/mol. The first-order valence-electron chi connectivity index (χ1n) is 3.55. The second-order valence-corrected chi connectivity index (χ2v) is 4.60. The Morgan fingerprint density at radius 1 is 1.75 bits per heavy atom. The van der Waals surface area contributed by atoms with Gasteiger partial charge in [-0.05, 0) is 0 Å². The van der Waals surface area contributed by atoms with E-state index in [1.165, 1.54) is 4.44 Å². The predicted octanol–water partition coefficient (Wildman–Crippen LogP) is 1.36. The Morgan fingerprint density at radius 3 is 3.00 bits per heavy atom. The van der Waals surface area contributed by atoms with Gasteiger partial charge in [0, 0.05) is 0 Å². The van der Waals surface area contributed by atoms with Crippen LogP contribution in [0.5, 0.6) is 0 Å². The summed E-state index contributed by atoms with van der Waals surface area (Å²) in [6.07, 6.45) is 0. The first-order chi connectivity index (χ1) is 5.70. The first-order valence-corrected chi connectivity index (χ1v) is 5.39. The van der Waals surface area contributed by atoms with Gasteiger partial charge in [-0.2, -0.15) is 0 Å². The summed E-state index contributed by atoms with van der Waals surface area (Å²) in [7, 11) is 0. The van der Waals surface area contributed by atoms with Crippen molar-refractivity contribution in [1.29, 1.82) is 0 Å². The molecule has 0 aliphatic carbocycles. The van der Waals surface area contributed by atoms with Crippen LogP contribution in [0.15, 0.2) is 29.2 Å². The van der Waals surface area contributed by atoms with Crippen molar-refractivity contribution in [2.24, 2.45) is 0 Å². The Hall–Kier alpha value is -0.791. The SMILES string of the molecule is C=C(C)C(=O)OCc1ccc[se]1. The van der Waals surface area contributed by atoms with Crippen LogP contribution >= 0.6 is 0 Å². The van der Waals surface area contributed by atoms with Crippen molar-refractivity contribution in [3.8, 4) is 0 Å². The molecule has 0 atom stereocenters. The maximum atomic E-state index is 10.9. The molecule has 0 aliphatic rings. The average Bonchev–Trinajstić information content (AvgIpc) is 2.51. The summed E-state index contributed by atoms with van der Waals surface area (Å²) < 4.78 is 6.15. The van der Waals surface area contributed by atoms with E-state index in [1.807, 2.05) is 12.1 Å². The zero-order valence-corrected chi connectivity index (χ0v) is 8.58. The third-order valence-electron chi connectivity index (χ3n) is 1.27. The minimum absolute atomic E-state index is 0.307. The summed E-state index contributed by atoms with van der Waals surface area (Å²) in [5.74, 6) is -0.307. The van der Waals surface area contributed by atoms with Gasteiger partial charge in [-0.1, -0.05) is 0 Å². The summed E-state index contributed by atoms with van der Waals surface area (Å²) in [6, 6.07) is 3.98. The molecule has 0 N–H and O–H groups in total. The molecule has 0 unspecified atom stereocenters. The van der Waals surface area contributed by atoms with Crippen molar-refractivity contribution in [3.05, 3.63) is 33.7 Å². The molecule has 0 saturated heterocycles. The number of carbonyl (C=O) groups excluding carboxylic acids is 1. The number of carbonyl (C=O) groups is 1. The summed E-state index contributed by atoms with van der Waals surface area (Å²) in [6.45, 7) is 5.56. The number of hydrogen-bond acceptors (Lipinski definition) is 2. The Labute approximate surface area is 77.6 Å². The van der Waals surface area contributed by atoms with Crippen LogP contribution in [0.1, 0.15) is 11.4 Å². The molecule has 0 radical (unpaired) electrons. The van der Waals surface area contributed by atoms with Gasteiger partial charge in [-0.15, -0.1) is 0 Å². The quantitative estimate of drug-likeness (QED) is 0.444. The van der Waals surface area contributed by atoms with Crippen molar-refractivity contribution in [2.45, 2.75) is 13.5 Å². The van der Waals surface area contributed by atoms with Gasteiger partial charge < -0.3 is 0 Å². The van der Waals surface area contributed by atoms with Crippen LogP contribution < -0.4 is 0 Å². The summed E-state index contributed by atoms with van der Waals surface area (Å²) in [5.41, 5.74) is 0.453. The molecule has 1 aromatic heterocycles. The zero-order valence-electron chi connectivity index (χ0n) is 6.87. The van der Waals surface area contributed by atoms with Gasteiger partial charge >= 0.3 is 77.2 Å². The van der Waals surface area contributed by atoms with Gasteiger partial charge in [0.1, 0.15) is 0 Å². The molecule has 0 saturated carbocycles. The van der Waals surface area contributed by atoms with Crippen molar-refractivity contribution in [2.75, 3.05) is 0 Å². The van der Waals surface area contributed by atoms with E-state index in [4.69, 9.17) is 4.74 Å². The normalized spacial score (nSPS) is 9.42. The number of ether oxygens (including phenoxy) is 1.